The molecule has 6 nitrogen and oxygen atoms in total. The number of esters is 3. The largest absolute Gasteiger partial charge is 0.462 e. The molecule has 0 fully saturated rings. The first kappa shape index (κ1) is 60.6. The lowest BCUT2D eigenvalue weighted by Crippen LogP contribution is -2.30. The number of ether oxygens (including phenoxy) is 3. The minimum atomic E-state index is -0.800. The predicted octanol–water partition coefficient (Wildman–Crippen LogP) is 17.6. The molecular weight excluding hydrogens is 793 g/mol. The summed E-state index contributed by atoms with van der Waals surface area (Å²) in [7, 11) is 0. The molecule has 0 bridgehead atoms. The molecule has 1 atom stereocenters. The molecule has 6 heteroatoms. The maximum atomic E-state index is 12.8. The van der Waals surface area contributed by atoms with E-state index in [0.717, 1.165) is 116 Å². The third kappa shape index (κ3) is 49.6. The highest BCUT2D eigenvalue weighted by Gasteiger charge is 2.19. The van der Waals surface area contributed by atoms with E-state index in [1.54, 1.807) is 0 Å². The van der Waals surface area contributed by atoms with Crippen molar-refractivity contribution in [2.24, 2.45) is 0 Å². The monoisotopic (exact) mass is 891 g/mol. The van der Waals surface area contributed by atoms with Crippen molar-refractivity contribution in [3.8, 4) is 0 Å². The van der Waals surface area contributed by atoms with Crippen molar-refractivity contribution < 1.29 is 28.6 Å². The summed E-state index contributed by atoms with van der Waals surface area (Å²) in [5.41, 5.74) is 0. The fourth-order valence-electron chi connectivity index (χ4n) is 7.10. The van der Waals surface area contributed by atoms with Crippen LogP contribution in [0.1, 0.15) is 245 Å². The van der Waals surface area contributed by atoms with Gasteiger partial charge in [0.2, 0.25) is 0 Å². The predicted molar refractivity (Wildman–Crippen MR) is 274 cm³/mol. The van der Waals surface area contributed by atoms with E-state index in [4.69, 9.17) is 14.2 Å². The van der Waals surface area contributed by atoms with Gasteiger partial charge in [-0.15, -0.1) is 0 Å². The molecule has 0 aliphatic carbocycles. The van der Waals surface area contributed by atoms with E-state index >= 15 is 0 Å². The van der Waals surface area contributed by atoms with E-state index in [0.29, 0.717) is 12.8 Å². The molecule has 0 aromatic rings. The van der Waals surface area contributed by atoms with Gasteiger partial charge in [-0.05, 0) is 116 Å². The Kier molecular flexibility index (Phi) is 49.4. The number of carbonyl (C=O) groups is 3. The Morgan fingerprint density at radius 1 is 0.328 bits per heavy atom. The van der Waals surface area contributed by atoms with Gasteiger partial charge in [0.25, 0.3) is 0 Å². The van der Waals surface area contributed by atoms with Crippen LogP contribution in [0.5, 0.6) is 0 Å². The quantitative estimate of drug-likeness (QED) is 0.0262. The second kappa shape index (κ2) is 52.2. The summed E-state index contributed by atoms with van der Waals surface area (Å²) >= 11 is 0. The van der Waals surface area contributed by atoms with Crippen LogP contribution >= 0.6 is 0 Å². The summed E-state index contributed by atoms with van der Waals surface area (Å²) < 4.78 is 16.8. The Bertz CT molecular complexity index is 1250. The Morgan fingerprint density at radius 2 is 0.609 bits per heavy atom. The van der Waals surface area contributed by atoms with Gasteiger partial charge in [-0.1, -0.05) is 196 Å². The Balaban J connectivity index is 4.40. The number of hydrogen-bond acceptors (Lipinski definition) is 6. The van der Waals surface area contributed by atoms with E-state index in [1.165, 1.54) is 89.9 Å². The molecule has 0 aromatic carbocycles. The van der Waals surface area contributed by atoms with Crippen molar-refractivity contribution in [2.45, 2.75) is 252 Å². The van der Waals surface area contributed by atoms with Crippen molar-refractivity contribution in [2.75, 3.05) is 13.2 Å². The molecule has 0 spiro atoms. The van der Waals surface area contributed by atoms with E-state index < -0.39 is 6.10 Å². The second-order valence-corrected chi connectivity index (χ2v) is 17.4. The van der Waals surface area contributed by atoms with Crippen molar-refractivity contribution >= 4 is 17.9 Å². The molecule has 0 aromatic heterocycles. The summed E-state index contributed by atoms with van der Waals surface area (Å²) in [6.07, 6.45) is 67.1. The van der Waals surface area contributed by atoms with Crippen LogP contribution in [-0.2, 0) is 28.6 Å². The van der Waals surface area contributed by atoms with Gasteiger partial charge in [0.15, 0.2) is 6.10 Å². The lowest BCUT2D eigenvalue weighted by molar-refractivity contribution is -0.167. The highest BCUT2D eigenvalue weighted by Crippen LogP contribution is 2.13. The van der Waals surface area contributed by atoms with Crippen LogP contribution in [0, 0.1) is 0 Å². The van der Waals surface area contributed by atoms with Crippen molar-refractivity contribution in [3.05, 3.63) is 85.1 Å². The minimum absolute atomic E-state index is 0.0978. The van der Waals surface area contributed by atoms with Crippen molar-refractivity contribution in [1.29, 1.82) is 0 Å². The Morgan fingerprint density at radius 3 is 1.02 bits per heavy atom. The average molecular weight is 891 g/mol. The first-order valence-corrected chi connectivity index (χ1v) is 26.6. The number of rotatable bonds is 47. The fraction of sp³-hybridized carbons (Fsp3) is 0.707. The lowest BCUT2D eigenvalue weighted by atomic mass is 10.1. The maximum absolute atomic E-state index is 12.8. The highest BCUT2D eigenvalue weighted by atomic mass is 16.6. The van der Waals surface area contributed by atoms with Crippen LogP contribution in [0.4, 0.5) is 0 Å². The standard InChI is InChI=1S/C58H98O6/c1-4-7-10-13-16-19-22-25-26-27-28-29-30-31-32-34-36-39-42-45-48-51-57(60)63-54-55(53-62-56(59)50-47-44-41-38-35-24-21-18-15-12-9-6-3)64-58(61)52-49-46-43-40-37-33-23-20-17-14-11-8-5-2/h8,11,17-18,20-22,25,27-28,30-31,33,37,55H,4-7,9-10,12-16,19,23-24,26,29,32,34-36,38-54H2,1-3H3/b11-8-,20-17-,21-18-,25-22-,28-27-,31-30-,37-33-. The first-order chi connectivity index (χ1) is 31.5. The summed E-state index contributed by atoms with van der Waals surface area (Å²) in [6, 6.07) is 0. The van der Waals surface area contributed by atoms with E-state index in [-0.39, 0.29) is 37.5 Å². The van der Waals surface area contributed by atoms with E-state index in [2.05, 4.69) is 106 Å². The summed E-state index contributed by atoms with van der Waals surface area (Å²) in [4.78, 5) is 38.0. The third-order valence-corrected chi connectivity index (χ3v) is 11.1. The molecule has 0 N–H and O–H groups in total. The van der Waals surface area contributed by atoms with Gasteiger partial charge in [0.05, 0.1) is 0 Å². The van der Waals surface area contributed by atoms with Gasteiger partial charge in [-0.2, -0.15) is 0 Å². The molecule has 1 unspecified atom stereocenters. The number of carbonyl (C=O) groups excluding carboxylic acids is 3. The highest BCUT2D eigenvalue weighted by molar-refractivity contribution is 5.71. The van der Waals surface area contributed by atoms with Gasteiger partial charge < -0.3 is 14.2 Å². The molecule has 0 aliphatic heterocycles. The van der Waals surface area contributed by atoms with Crippen LogP contribution in [0.25, 0.3) is 0 Å². The Hall–Kier alpha value is -3.41. The van der Waals surface area contributed by atoms with Crippen LogP contribution in [0.2, 0.25) is 0 Å². The van der Waals surface area contributed by atoms with Crippen LogP contribution in [-0.4, -0.2) is 37.2 Å². The zero-order valence-corrected chi connectivity index (χ0v) is 41.8. The zero-order valence-electron chi connectivity index (χ0n) is 41.8. The Labute approximate surface area is 395 Å². The summed E-state index contributed by atoms with van der Waals surface area (Å²) in [5.74, 6) is -0.950. The molecule has 0 heterocycles. The molecule has 366 valence electrons. The van der Waals surface area contributed by atoms with Gasteiger partial charge in [0.1, 0.15) is 13.2 Å². The first-order valence-electron chi connectivity index (χ1n) is 26.6. The number of unbranched alkanes of at least 4 members (excludes halogenated alkanes) is 22. The molecular formula is C58H98O6. The van der Waals surface area contributed by atoms with Crippen molar-refractivity contribution in [3.63, 3.8) is 0 Å². The molecule has 0 rings (SSSR count). The average Bonchev–Trinajstić information content (AvgIpc) is 3.29. The zero-order chi connectivity index (χ0) is 46.5. The second-order valence-electron chi connectivity index (χ2n) is 17.4. The van der Waals surface area contributed by atoms with Crippen LogP contribution in [0.3, 0.4) is 0 Å². The number of hydrogen-bond donors (Lipinski definition) is 0. The van der Waals surface area contributed by atoms with E-state index in [1.807, 2.05) is 0 Å². The molecule has 0 saturated heterocycles. The topological polar surface area (TPSA) is 78.9 Å². The number of allylic oxidation sites excluding steroid dienone is 14. The van der Waals surface area contributed by atoms with Crippen LogP contribution in [0.15, 0.2) is 85.1 Å². The van der Waals surface area contributed by atoms with Crippen LogP contribution < -0.4 is 0 Å². The summed E-state index contributed by atoms with van der Waals surface area (Å²) in [5, 5.41) is 0. The molecule has 0 radical (unpaired) electrons. The molecule has 0 saturated carbocycles. The normalized spacial score (nSPS) is 12.7. The van der Waals surface area contributed by atoms with Gasteiger partial charge in [0, 0.05) is 19.3 Å². The lowest BCUT2D eigenvalue weighted by Gasteiger charge is -2.18. The van der Waals surface area contributed by atoms with Gasteiger partial charge >= 0.3 is 17.9 Å². The third-order valence-electron chi connectivity index (χ3n) is 11.1. The molecule has 0 aliphatic rings. The van der Waals surface area contributed by atoms with Crippen molar-refractivity contribution in [1.82, 2.24) is 0 Å². The van der Waals surface area contributed by atoms with Gasteiger partial charge in [-0.3, -0.25) is 14.4 Å². The van der Waals surface area contributed by atoms with E-state index in [9.17, 15) is 14.4 Å². The summed E-state index contributed by atoms with van der Waals surface area (Å²) in [6.45, 7) is 6.44. The molecule has 0 amide bonds. The minimum Gasteiger partial charge on any atom is -0.462 e. The smallest absolute Gasteiger partial charge is 0.306 e. The fourth-order valence-corrected chi connectivity index (χ4v) is 7.10. The molecule has 64 heavy (non-hydrogen) atoms. The maximum Gasteiger partial charge on any atom is 0.306 e. The van der Waals surface area contributed by atoms with Gasteiger partial charge in [-0.25, -0.2) is 0 Å². The SMILES string of the molecule is CC/C=C\C/C=C\C/C=C\CCCCCC(=O)OC(COC(=O)CCCCCCC/C=C\CCCCC)COC(=O)CCCCCCCC/C=C\C/C=C\C/C=C\CCCCCCC.